The lowest BCUT2D eigenvalue weighted by Crippen LogP contribution is -1.53. The van der Waals surface area contributed by atoms with Crippen LogP contribution in [0.25, 0.3) is 9.40 Å². The molecule has 11 heavy (non-hydrogen) atoms. The maximum absolute atomic E-state index is 8.56. The molecule has 2 rings (SSSR count). The van der Waals surface area contributed by atoms with Gasteiger partial charge in [-0.25, -0.2) is 0 Å². The van der Waals surface area contributed by atoms with Crippen LogP contribution in [0.3, 0.4) is 0 Å². The lowest BCUT2D eigenvalue weighted by molar-refractivity contribution is 1.52. The molecule has 54 valence electrons. The Labute approximate surface area is 76.5 Å². The first-order valence-electron chi connectivity index (χ1n) is 2.88. The predicted molar refractivity (Wildman–Crippen MR) is 49.4 cm³/mol. The van der Waals surface area contributed by atoms with Crippen molar-refractivity contribution in [2.24, 2.45) is 0 Å². The summed E-state index contributed by atoms with van der Waals surface area (Å²) in [5, 5.41) is 9.64. The molecule has 2 aromatic heterocycles. The van der Waals surface area contributed by atoms with Crippen molar-refractivity contribution in [1.29, 1.82) is 5.26 Å². The van der Waals surface area contributed by atoms with E-state index in [4.69, 9.17) is 16.9 Å². The van der Waals surface area contributed by atoms with Gasteiger partial charge in [0, 0.05) is 5.39 Å². The molecule has 2 heterocycles. The van der Waals surface area contributed by atoms with Crippen LogP contribution in [0, 0.1) is 11.3 Å². The quantitative estimate of drug-likeness (QED) is 0.637. The zero-order chi connectivity index (χ0) is 7.84. The lowest BCUT2D eigenvalue weighted by atomic mass is 10.4. The zero-order valence-corrected chi connectivity index (χ0v) is 7.69. The van der Waals surface area contributed by atoms with Crippen LogP contribution in [0.4, 0.5) is 0 Å². The fourth-order valence-electron chi connectivity index (χ4n) is 0.864. The molecule has 0 atom stereocenters. The molecule has 0 radical (unpaired) electrons. The summed E-state index contributed by atoms with van der Waals surface area (Å²) in [6.07, 6.45) is 0. The summed E-state index contributed by atoms with van der Waals surface area (Å²) in [6, 6.07) is 5.86. The van der Waals surface area contributed by atoms with E-state index >= 15 is 0 Å². The fraction of sp³-hybridized carbons (Fsp3) is 0. The van der Waals surface area contributed by atoms with Crippen molar-refractivity contribution in [3.63, 3.8) is 0 Å². The molecule has 0 N–H and O–H groups in total. The second-order valence-electron chi connectivity index (χ2n) is 2.02. The van der Waals surface area contributed by atoms with Crippen LogP contribution in [0.2, 0.25) is 4.34 Å². The number of nitrogens with zero attached hydrogens (tertiary/aromatic N) is 1. The SMILES string of the molecule is N#Cc1cc2cc(Cl)sc2s1. The van der Waals surface area contributed by atoms with Gasteiger partial charge in [0.2, 0.25) is 0 Å². The third-order valence-electron chi connectivity index (χ3n) is 1.29. The summed E-state index contributed by atoms with van der Waals surface area (Å²) < 4.78 is 1.92. The van der Waals surface area contributed by atoms with Gasteiger partial charge in [-0.15, -0.1) is 22.7 Å². The minimum Gasteiger partial charge on any atom is -0.192 e. The molecule has 0 aromatic carbocycles. The van der Waals surface area contributed by atoms with E-state index in [2.05, 4.69) is 6.07 Å². The Hall–Kier alpha value is -0.560. The maximum atomic E-state index is 8.56. The van der Waals surface area contributed by atoms with Crippen molar-refractivity contribution in [3.05, 3.63) is 21.3 Å². The van der Waals surface area contributed by atoms with Crippen molar-refractivity contribution in [1.82, 2.24) is 0 Å². The van der Waals surface area contributed by atoms with E-state index in [1.807, 2.05) is 12.1 Å². The van der Waals surface area contributed by atoms with Crippen LogP contribution < -0.4 is 0 Å². The van der Waals surface area contributed by atoms with Crippen LogP contribution in [0.5, 0.6) is 0 Å². The molecule has 4 heteroatoms. The molecular weight excluding hydrogens is 198 g/mol. The highest BCUT2D eigenvalue weighted by Crippen LogP contribution is 2.35. The number of thiophene rings is 2. The van der Waals surface area contributed by atoms with E-state index in [0.29, 0.717) is 0 Å². The van der Waals surface area contributed by atoms with Gasteiger partial charge in [0.1, 0.15) is 10.9 Å². The van der Waals surface area contributed by atoms with Crippen LogP contribution >= 0.6 is 34.3 Å². The molecule has 0 bridgehead atoms. The topological polar surface area (TPSA) is 23.8 Å². The van der Waals surface area contributed by atoms with E-state index in [1.54, 1.807) is 0 Å². The molecule has 2 aromatic rings. The first kappa shape index (κ1) is 7.11. The Bertz CT molecular complexity index is 403. The second-order valence-corrected chi connectivity index (χ2v) is 5.01. The van der Waals surface area contributed by atoms with E-state index in [-0.39, 0.29) is 0 Å². The minimum atomic E-state index is 0.753. The average Bonchev–Trinajstić information content (AvgIpc) is 2.43. The van der Waals surface area contributed by atoms with Gasteiger partial charge in [-0.1, -0.05) is 11.6 Å². The smallest absolute Gasteiger partial charge is 0.110 e. The fourth-order valence-corrected chi connectivity index (χ4v) is 3.32. The molecule has 1 nitrogen and oxygen atoms in total. The van der Waals surface area contributed by atoms with Crippen LogP contribution in [0.1, 0.15) is 4.88 Å². The largest absolute Gasteiger partial charge is 0.192 e. The average molecular weight is 200 g/mol. The van der Waals surface area contributed by atoms with Crippen molar-refractivity contribution in [3.8, 4) is 6.07 Å². The Morgan fingerprint density at radius 1 is 1.36 bits per heavy atom. The minimum absolute atomic E-state index is 0.753. The number of fused-ring (bicyclic) bond motifs is 1. The van der Waals surface area contributed by atoms with E-state index in [9.17, 15) is 0 Å². The number of rotatable bonds is 0. The predicted octanol–water partition coefficient (Wildman–Crippen LogP) is 3.49. The monoisotopic (exact) mass is 199 g/mol. The summed E-state index contributed by atoms with van der Waals surface area (Å²) in [5.41, 5.74) is 0. The highest BCUT2D eigenvalue weighted by molar-refractivity contribution is 7.39. The van der Waals surface area contributed by atoms with E-state index < -0.39 is 0 Å². The molecular formula is C7H2ClNS2. The van der Waals surface area contributed by atoms with Gasteiger partial charge in [0.15, 0.2) is 0 Å². The number of halogens is 1. The Kier molecular flexibility index (Phi) is 1.61. The molecule has 0 unspecified atom stereocenters. The molecule has 0 fully saturated rings. The van der Waals surface area contributed by atoms with Crippen molar-refractivity contribution in [2.75, 3.05) is 0 Å². The van der Waals surface area contributed by atoms with Crippen molar-refractivity contribution < 1.29 is 0 Å². The van der Waals surface area contributed by atoms with Gasteiger partial charge in [0.25, 0.3) is 0 Å². The van der Waals surface area contributed by atoms with Gasteiger partial charge in [0.05, 0.1) is 8.35 Å². The van der Waals surface area contributed by atoms with Gasteiger partial charge in [-0.05, 0) is 12.1 Å². The third kappa shape index (κ3) is 1.14. The Morgan fingerprint density at radius 2 is 2.18 bits per heavy atom. The molecule has 0 aliphatic heterocycles. The zero-order valence-electron chi connectivity index (χ0n) is 5.30. The molecule has 0 amide bonds. The van der Waals surface area contributed by atoms with E-state index in [0.717, 1.165) is 18.6 Å². The molecule has 0 aliphatic rings. The lowest BCUT2D eigenvalue weighted by Gasteiger charge is -1.71. The summed E-state index contributed by atoms with van der Waals surface area (Å²) in [4.78, 5) is 0.753. The van der Waals surface area contributed by atoms with Crippen LogP contribution in [0.15, 0.2) is 12.1 Å². The number of hydrogen-bond acceptors (Lipinski definition) is 3. The standard InChI is InChI=1S/C7H2ClNS2/c8-6-2-4-1-5(3-9)10-7(4)11-6/h1-2H. The van der Waals surface area contributed by atoms with Gasteiger partial charge >= 0.3 is 0 Å². The highest BCUT2D eigenvalue weighted by atomic mass is 35.5. The summed E-state index contributed by atoms with van der Waals surface area (Å²) in [5.74, 6) is 0. The summed E-state index contributed by atoms with van der Waals surface area (Å²) in [6.45, 7) is 0. The molecule has 0 spiro atoms. The second kappa shape index (κ2) is 2.49. The number of nitriles is 1. The van der Waals surface area contributed by atoms with E-state index in [1.165, 1.54) is 22.7 Å². The Morgan fingerprint density at radius 3 is 2.82 bits per heavy atom. The van der Waals surface area contributed by atoms with Gasteiger partial charge in [-0.2, -0.15) is 5.26 Å². The van der Waals surface area contributed by atoms with Gasteiger partial charge in [-0.3, -0.25) is 0 Å². The molecule has 0 saturated heterocycles. The first-order chi connectivity index (χ1) is 5.29. The molecule has 0 saturated carbocycles. The normalized spacial score (nSPS) is 10.2. The van der Waals surface area contributed by atoms with Crippen molar-refractivity contribution in [2.45, 2.75) is 0 Å². The Balaban J connectivity index is 2.76. The van der Waals surface area contributed by atoms with Crippen LogP contribution in [-0.2, 0) is 0 Å². The maximum Gasteiger partial charge on any atom is 0.110 e. The highest BCUT2D eigenvalue weighted by Gasteiger charge is 2.03. The first-order valence-corrected chi connectivity index (χ1v) is 4.89. The van der Waals surface area contributed by atoms with Crippen LogP contribution in [-0.4, -0.2) is 0 Å². The molecule has 0 aliphatic carbocycles. The summed E-state index contributed by atoms with van der Waals surface area (Å²) >= 11 is 8.77. The number of hydrogen-bond donors (Lipinski definition) is 0. The van der Waals surface area contributed by atoms with Crippen molar-refractivity contribution >= 4 is 43.7 Å². The summed E-state index contributed by atoms with van der Waals surface area (Å²) in [7, 11) is 0. The third-order valence-corrected chi connectivity index (χ3v) is 3.72. The van der Waals surface area contributed by atoms with Gasteiger partial charge < -0.3 is 0 Å².